The largest absolute Gasteiger partial charge is 0.387 e. The maximum atomic E-state index is 12.1. The monoisotopic (exact) mass is 278 g/mol. The van der Waals surface area contributed by atoms with Crippen molar-refractivity contribution < 1.29 is 13.5 Å². The summed E-state index contributed by atoms with van der Waals surface area (Å²) in [5, 5.41) is 9.80. The van der Waals surface area contributed by atoms with Crippen LogP contribution >= 0.6 is 11.3 Å². The van der Waals surface area contributed by atoms with Crippen LogP contribution in [0.1, 0.15) is 19.0 Å². The molecular weight excluding hydrogens is 264 g/mol. The van der Waals surface area contributed by atoms with Crippen molar-refractivity contribution in [3.05, 3.63) is 15.4 Å². The van der Waals surface area contributed by atoms with Gasteiger partial charge in [0, 0.05) is 18.8 Å². The van der Waals surface area contributed by atoms with Gasteiger partial charge < -0.3 is 10.1 Å². The summed E-state index contributed by atoms with van der Waals surface area (Å²) in [6.45, 7) is 3.55. The standard InChI is InChI=1S/C9H14N2O4S2/c1-3-9(13)4-11(5-9)17(14,15)7-6(2)10-8(12)16-7/h13H,3-5H2,1-2H3,(H,10,12). The third kappa shape index (κ3) is 2.05. The number of hydrogen-bond donors (Lipinski definition) is 2. The van der Waals surface area contributed by atoms with Crippen molar-refractivity contribution in [3.8, 4) is 0 Å². The highest BCUT2D eigenvalue weighted by Crippen LogP contribution is 2.31. The maximum Gasteiger partial charge on any atom is 0.305 e. The molecule has 0 aromatic carbocycles. The zero-order valence-electron chi connectivity index (χ0n) is 9.56. The van der Waals surface area contributed by atoms with Crippen LogP contribution in [-0.2, 0) is 10.0 Å². The van der Waals surface area contributed by atoms with E-state index in [4.69, 9.17) is 0 Å². The molecule has 1 fully saturated rings. The van der Waals surface area contributed by atoms with E-state index >= 15 is 0 Å². The van der Waals surface area contributed by atoms with Crippen molar-refractivity contribution in [1.29, 1.82) is 0 Å². The molecule has 0 atom stereocenters. The third-order valence-electron chi connectivity index (χ3n) is 2.95. The SMILES string of the molecule is CCC1(O)CN(S(=O)(=O)c2sc(=O)[nH]c2C)C1. The van der Waals surface area contributed by atoms with E-state index in [1.54, 1.807) is 6.92 Å². The predicted octanol–water partition coefficient (Wildman–Crippen LogP) is -0.110. The molecule has 0 aliphatic carbocycles. The van der Waals surface area contributed by atoms with Crippen LogP contribution in [0.2, 0.25) is 0 Å². The molecule has 0 radical (unpaired) electrons. The van der Waals surface area contributed by atoms with Gasteiger partial charge in [-0.25, -0.2) is 8.42 Å². The van der Waals surface area contributed by atoms with Gasteiger partial charge in [-0.1, -0.05) is 18.3 Å². The molecule has 0 unspecified atom stereocenters. The minimum atomic E-state index is -3.63. The summed E-state index contributed by atoms with van der Waals surface area (Å²) >= 11 is 0.684. The number of aryl methyl sites for hydroxylation is 1. The molecule has 1 saturated heterocycles. The lowest BCUT2D eigenvalue weighted by molar-refractivity contribution is -0.0612. The number of rotatable bonds is 3. The predicted molar refractivity (Wildman–Crippen MR) is 63.7 cm³/mol. The Labute approximate surface area is 103 Å². The number of H-pyrrole nitrogens is 1. The van der Waals surface area contributed by atoms with E-state index in [9.17, 15) is 18.3 Å². The summed E-state index contributed by atoms with van der Waals surface area (Å²) in [5.74, 6) is 0. The second kappa shape index (κ2) is 3.91. The fourth-order valence-electron chi connectivity index (χ4n) is 1.76. The molecule has 1 aromatic rings. The van der Waals surface area contributed by atoms with Gasteiger partial charge in [-0.2, -0.15) is 4.31 Å². The molecule has 17 heavy (non-hydrogen) atoms. The highest BCUT2D eigenvalue weighted by molar-refractivity contribution is 7.91. The van der Waals surface area contributed by atoms with Crippen LogP contribution in [0.3, 0.4) is 0 Å². The summed E-state index contributed by atoms with van der Waals surface area (Å²) in [7, 11) is -3.63. The van der Waals surface area contributed by atoms with Crippen LogP contribution in [0.5, 0.6) is 0 Å². The van der Waals surface area contributed by atoms with E-state index in [0.717, 1.165) is 0 Å². The molecule has 1 aromatic heterocycles. The highest BCUT2D eigenvalue weighted by Gasteiger charge is 2.46. The number of sulfonamides is 1. The molecule has 1 aliphatic rings. The molecule has 6 nitrogen and oxygen atoms in total. The molecule has 96 valence electrons. The van der Waals surface area contributed by atoms with Gasteiger partial charge in [-0.05, 0) is 13.3 Å². The summed E-state index contributed by atoms with van der Waals surface area (Å²) in [6, 6.07) is 0. The van der Waals surface area contributed by atoms with Crippen molar-refractivity contribution in [2.45, 2.75) is 30.1 Å². The van der Waals surface area contributed by atoms with Crippen molar-refractivity contribution in [3.63, 3.8) is 0 Å². The Kier molecular flexibility index (Phi) is 2.93. The molecule has 1 aliphatic heterocycles. The number of nitrogens with one attached hydrogen (secondary N) is 1. The van der Waals surface area contributed by atoms with Crippen LogP contribution in [0.15, 0.2) is 9.00 Å². The molecule has 2 rings (SSSR count). The average Bonchev–Trinajstić information content (AvgIpc) is 2.53. The van der Waals surface area contributed by atoms with Crippen molar-refractivity contribution in [1.82, 2.24) is 9.29 Å². The minimum absolute atomic E-state index is 0.0423. The first-order valence-corrected chi connectivity index (χ1v) is 7.46. The number of aromatic nitrogens is 1. The molecular formula is C9H14N2O4S2. The molecule has 0 bridgehead atoms. The Morgan fingerprint density at radius 1 is 1.53 bits per heavy atom. The van der Waals surface area contributed by atoms with Gasteiger partial charge in [0.1, 0.15) is 0 Å². The summed E-state index contributed by atoms with van der Waals surface area (Å²) in [5.41, 5.74) is -0.561. The lowest BCUT2D eigenvalue weighted by Gasteiger charge is -2.44. The topological polar surface area (TPSA) is 90.5 Å². The smallest absolute Gasteiger partial charge is 0.305 e. The van der Waals surface area contributed by atoms with E-state index in [1.165, 1.54) is 4.31 Å². The normalized spacial score (nSPS) is 20.2. The summed E-state index contributed by atoms with van der Waals surface area (Å²) < 4.78 is 25.5. The van der Waals surface area contributed by atoms with Gasteiger partial charge in [0.25, 0.3) is 10.0 Å². The zero-order chi connectivity index (χ0) is 12.8. The van der Waals surface area contributed by atoms with Gasteiger partial charge in [0.2, 0.25) is 0 Å². The second-order valence-electron chi connectivity index (χ2n) is 4.28. The zero-order valence-corrected chi connectivity index (χ0v) is 11.2. The average molecular weight is 278 g/mol. The first-order chi connectivity index (χ1) is 7.78. The lowest BCUT2D eigenvalue weighted by atomic mass is 9.94. The molecule has 0 spiro atoms. The Balaban J connectivity index is 2.28. The number of nitrogens with zero attached hydrogens (tertiary/aromatic N) is 1. The number of thiazole rings is 1. The van der Waals surface area contributed by atoms with E-state index in [-0.39, 0.29) is 22.2 Å². The van der Waals surface area contributed by atoms with Crippen molar-refractivity contribution in [2.24, 2.45) is 0 Å². The van der Waals surface area contributed by atoms with Crippen LogP contribution in [-0.4, -0.2) is 41.5 Å². The quantitative estimate of drug-likeness (QED) is 0.807. The van der Waals surface area contributed by atoms with Crippen LogP contribution in [0.4, 0.5) is 0 Å². The van der Waals surface area contributed by atoms with Crippen molar-refractivity contribution >= 4 is 21.4 Å². The number of β-amino-alcohol motifs (C(OH)–C–C–N with tert-alkyl or cyclic N) is 1. The molecule has 2 N–H and O–H groups in total. The Hall–Kier alpha value is -0.700. The molecule has 2 heterocycles. The van der Waals surface area contributed by atoms with Crippen LogP contribution < -0.4 is 4.87 Å². The Morgan fingerprint density at radius 3 is 2.53 bits per heavy atom. The number of aromatic amines is 1. The van der Waals surface area contributed by atoms with Crippen LogP contribution in [0.25, 0.3) is 0 Å². The Bertz CT molecular complexity index is 580. The maximum absolute atomic E-state index is 12.1. The summed E-state index contributed by atoms with van der Waals surface area (Å²) in [4.78, 5) is 13.2. The second-order valence-corrected chi connectivity index (χ2v) is 7.39. The van der Waals surface area contributed by atoms with Gasteiger partial charge >= 0.3 is 4.87 Å². The molecule has 8 heteroatoms. The van der Waals surface area contributed by atoms with Crippen LogP contribution in [0, 0.1) is 6.92 Å². The van der Waals surface area contributed by atoms with Gasteiger partial charge in [0.15, 0.2) is 4.21 Å². The fraction of sp³-hybridized carbons (Fsp3) is 0.667. The number of hydrogen-bond acceptors (Lipinski definition) is 5. The summed E-state index contributed by atoms with van der Waals surface area (Å²) in [6.07, 6.45) is 0.515. The van der Waals surface area contributed by atoms with Gasteiger partial charge in [-0.15, -0.1) is 0 Å². The number of aliphatic hydroxyl groups is 1. The van der Waals surface area contributed by atoms with E-state index < -0.39 is 15.6 Å². The molecule has 0 amide bonds. The third-order valence-corrected chi connectivity index (χ3v) is 6.33. The molecule has 0 saturated carbocycles. The minimum Gasteiger partial charge on any atom is -0.387 e. The highest BCUT2D eigenvalue weighted by atomic mass is 32.2. The first kappa shape index (κ1) is 12.7. The van der Waals surface area contributed by atoms with E-state index in [0.29, 0.717) is 23.5 Å². The van der Waals surface area contributed by atoms with E-state index in [2.05, 4.69) is 4.98 Å². The fourth-order valence-corrected chi connectivity index (χ4v) is 4.79. The Morgan fingerprint density at radius 2 is 2.12 bits per heavy atom. The van der Waals surface area contributed by atoms with E-state index in [1.807, 2.05) is 6.92 Å². The van der Waals surface area contributed by atoms with Gasteiger partial charge in [-0.3, -0.25) is 4.79 Å². The van der Waals surface area contributed by atoms with Gasteiger partial charge in [0.05, 0.1) is 5.60 Å². The van der Waals surface area contributed by atoms with Crippen molar-refractivity contribution in [2.75, 3.05) is 13.1 Å². The lowest BCUT2D eigenvalue weighted by Crippen LogP contribution is -2.62. The first-order valence-electron chi connectivity index (χ1n) is 5.21.